The Morgan fingerprint density at radius 2 is 1.85 bits per heavy atom. The first-order valence-corrected chi connectivity index (χ1v) is 10.1. The van der Waals surface area contributed by atoms with Crippen LogP contribution in [-0.4, -0.2) is 41.4 Å². The third-order valence-corrected chi connectivity index (χ3v) is 4.74. The number of phenols is 1. The van der Waals surface area contributed by atoms with Crippen LogP contribution in [0.3, 0.4) is 0 Å². The number of hydrazone groups is 1. The molecule has 33 heavy (non-hydrogen) atoms. The van der Waals surface area contributed by atoms with Gasteiger partial charge in [0.25, 0.3) is 0 Å². The van der Waals surface area contributed by atoms with Gasteiger partial charge in [0.15, 0.2) is 17.3 Å². The SMILES string of the molecule is COc1cc(C(=O)C/C(CCC(=O)Nc2ccc(Cl)cc2C)=N\NC(=O)C(N)=O)ccc1O. The molecule has 0 aliphatic carbocycles. The predicted molar refractivity (Wildman–Crippen MR) is 122 cm³/mol. The van der Waals surface area contributed by atoms with E-state index in [4.69, 9.17) is 22.1 Å². The van der Waals surface area contributed by atoms with Gasteiger partial charge in [-0.3, -0.25) is 19.2 Å². The summed E-state index contributed by atoms with van der Waals surface area (Å²) in [6.45, 7) is 1.79. The summed E-state index contributed by atoms with van der Waals surface area (Å²) < 4.78 is 5.00. The van der Waals surface area contributed by atoms with Crippen molar-refractivity contribution in [2.24, 2.45) is 10.8 Å². The highest BCUT2D eigenvalue weighted by Gasteiger charge is 2.16. The molecule has 0 atom stereocenters. The Morgan fingerprint density at radius 1 is 1.12 bits per heavy atom. The Bertz CT molecular complexity index is 1120. The molecule has 3 amide bonds. The number of ketones is 1. The number of halogens is 1. The number of nitrogens with two attached hydrogens (primary N) is 1. The van der Waals surface area contributed by atoms with Crippen LogP contribution in [0.4, 0.5) is 5.69 Å². The van der Waals surface area contributed by atoms with Crippen LogP contribution in [0.2, 0.25) is 5.02 Å². The Balaban J connectivity index is 2.12. The Hall–Kier alpha value is -3.92. The molecule has 2 aromatic carbocycles. The number of nitrogens with one attached hydrogen (secondary N) is 2. The zero-order chi connectivity index (χ0) is 24.5. The highest BCUT2D eigenvalue weighted by atomic mass is 35.5. The fraction of sp³-hybridized carbons (Fsp3) is 0.227. The number of anilines is 1. The number of phenolic OH excluding ortho intramolecular Hbond substituents is 1. The molecule has 0 radical (unpaired) electrons. The molecule has 0 bridgehead atoms. The summed E-state index contributed by atoms with van der Waals surface area (Å²) in [5.74, 6) is -3.19. The van der Waals surface area contributed by atoms with E-state index in [0.717, 1.165) is 5.56 Å². The van der Waals surface area contributed by atoms with Crippen LogP contribution in [0.5, 0.6) is 11.5 Å². The van der Waals surface area contributed by atoms with Crippen molar-refractivity contribution in [2.45, 2.75) is 26.2 Å². The van der Waals surface area contributed by atoms with Crippen LogP contribution >= 0.6 is 11.6 Å². The Labute approximate surface area is 194 Å². The van der Waals surface area contributed by atoms with E-state index >= 15 is 0 Å². The molecule has 0 fully saturated rings. The van der Waals surface area contributed by atoms with Crippen LogP contribution in [0.15, 0.2) is 41.5 Å². The average molecular weight is 475 g/mol. The molecule has 0 unspecified atom stereocenters. The summed E-state index contributed by atoms with van der Waals surface area (Å²) in [6, 6.07) is 9.07. The standard InChI is InChI=1S/C22H23ClN4O6/c1-12-9-14(23)4-6-16(12)25-20(30)8-5-15(26-27-22(32)21(24)31)11-18(29)13-3-7-17(28)19(10-13)33-2/h3-4,6-7,9-10,28H,5,8,11H2,1-2H3,(H2,24,31)(H,25,30)(H,27,32)/b26-15-. The molecule has 11 heteroatoms. The van der Waals surface area contributed by atoms with Crippen molar-refractivity contribution in [3.05, 3.63) is 52.5 Å². The summed E-state index contributed by atoms with van der Waals surface area (Å²) in [5.41, 5.74) is 8.58. The molecular formula is C22H23ClN4O6. The number of aryl methyl sites for hydroxylation is 1. The largest absolute Gasteiger partial charge is 0.504 e. The number of amides is 3. The minimum atomic E-state index is -1.25. The average Bonchev–Trinajstić information content (AvgIpc) is 2.77. The van der Waals surface area contributed by atoms with Gasteiger partial charge in [-0.2, -0.15) is 5.10 Å². The molecule has 0 heterocycles. The number of Topliss-reactive ketones (excluding diaryl/α,β-unsaturated/α-hetero) is 1. The Kier molecular flexibility index (Phi) is 8.93. The van der Waals surface area contributed by atoms with Crippen LogP contribution in [-0.2, 0) is 14.4 Å². The fourth-order valence-corrected chi connectivity index (χ4v) is 2.97. The summed E-state index contributed by atoms with van der Waals surface area (Å²) in [5, 5.41) is 16.8. The third kappa shape index (κ3) is 7.62. The van der Waals surface area contributed by atoms with Crippen molar-refractivity contribution in [1.29, 1.82) is 0 Å². The zero-order valence-electron chi connectivity index (χ0n) is 18.0. The number of benzene rings is 2. The van der Waals surface area contributed by atoms with E-state index in [9.17, 15) is 24.3 Å². The van der Waals surface area contributed by atoms with Gasteiger partial charge in [0, 0.05) is 28.4 Å². The second-order valence-corrected chi connectivity index (χ2v) is 7.41. The maximum atomic E-state index is 12.7. The second kappa shape index (κ2) is 11.6. The Morgan fingerprint density at radius 3 is 2.48 bits per heavy atom. The van der Waals surface area contributed by atoms with Gasteiger partial charge in [-0.05, 0) is 55.3 Å². The van der Waals surface area contributed by atoms with E-state index in [0.29, 0.717) is 10.7 Å². The number of carbonyl (C=O) groups excluding carboxylic acids is 4. The number of nitrogens with zero attached hydrogens (tertiary/aromatic N) is 1. The highest BCUT2D eigenvalue weighted by Crippen LogP contribution is 2.27. The van der Waals surface area contributed by atoms with E-state index < -0.39 is 17.6 Å². The number of hydrogen-bond acceptors (Lipinski definition) is 7. The summed E-state index contributed by atoms with van der Waals surface area (Å²) in [7, 11) is 1.34. The second-order valence-electron chi connectivity index (χ2n) is 6.98. The van der Waals surface area contributed by atoms with E-state index in [1.165, 1.54) is 25.3 Å². The van der Waals surface area contributed by atoms with Gasteiger partial charge >= 0.3 is 11.8 Å². The normalized spacial score (nSPS) is 10.9. The number of carbonyl (C=O) groups is 4. The van der Waals surface area contributed by atoms with Crippen LogP contribution in [0.25, 0.3) is 0 Å². The van der Waals surface area contributed by atoms with Gasteiger partial charge in [-0.1, -0.05) is 11.6 Å². The van der Waals surface area contributed by atoms with Gasteiger partial charge in [0.2, 0.25) is 5.91 Å². The molecule has 2 aromatic rings. The van der Waals surface area contributed by atoms with Crippen molar-refractivity contribution in [2.75, 3.05) is 12.4 Å². The molecule has 10 nitrogen and oxygen atoms in total. The summed E-state index contributed by atoms with van der Waals surface area (Å²) >= 11 is 5.92. The molecular weight excluding hydrogens is 452 g/mol. The lowest BCUT2D eigenvalue weighted by Crippen LogP contribution is -2.33. The maximum absolute atomic E-state index is 12.7. The van der Waals surface area contributed by atoms with Gasteiger partial charge < -0.3 is 20.9 Å². The van der Waals surface area contributed by atoms with Crippen LogP contribution in [0, 0.1) is 6.92 Å². The molecule has 5 N–H and O–H groups in total. The third-order valence-electron chi connectivity index (χ3n) is 4.51. The first-order chi connectivity index (χ1) is 15.6. The summed E-state index contributed by atoms with van der Waals surface area (Å²) in [4.78, 5) is 47.5. The number of primary amides is 1. The smallest absolute Gasteiger partial charge is 0.329 e. The molecule has 2 rings (SSSR count). The van der Waals surface area contributed by atoms with Crippen molar-refractivity contribution < 1.29 is 29.0 Å². The molecule has 0 aliphatic heterocycles. The van der Waals surface area contributed by atoms with E-state index in [-0.39, 0.29) is 47.9 Å². The molecule has 0 saturated heterocycles. The molecule has 0 spiro atoms. The lowest BCUT2D eigenvalue weighted by molar-refractivity contribution is -0.137. The van der Waals surface area contributed by atoms with E-state index in [1.54, 1.807) is 25.1 Å². The highest BCUT2D eigenvalue weighted by molar-refractivity contribution is 6.34. The van der Waals surface area contributed by atoms with Crippen molar-refractivity contribution in [3.8, 4) is 11.5 Å². The fourth-order valence-electron chi connectivity index (χ4n) is 2.75. The number of aromatic hydroxyl groups is 1. The lowest BCUT2D eigenvalue weighted by atomic mass is 10.0. The van der Waals surface area contributed by atoms with Crippen molar-refractivity contribution >= 4 is 46.5 Å². The first-order valence-electron chi connectivity index (χ1n) is 9.72. The topological polar surface area (TPSA) is 160 Å². The number of hydrogen-bond donors (Lipinski definition) is 4. The maximum Gasteiger partial charge on any atom is 0.329 e. The van der Waals surface area contributed by atoms with Gasteiger partial charge in [-0.25, -0.2) is 5.43 Å². The summed E-state index contributed by atoms with van der Waals surface area (Å²) in [6.07, 6.45) is -0.307. The quantitative estimate of drug-likeness (QED) is 0.189. The minimum Gasteiger partial charge on any atom is -0.504 e. The van der Waals surface area contributed by atoms with Crippen molar-refractivity contribution in [1.82, 2.24) is 5.43 Å². The van der Waals surface area contributed by atoms with Gasteiger partial charge in [0.1, 0.15) is 0 Å². The first kappa shape index (κ1) is 25.3. The number of rotatable bonds is 9. The number of methoxy groups -OCH3 is 1. The van der Waals surface area contributed by atoms with E-state index in [2.05, 4.69) is 10.4 Å². The molecule has 0 aliphatic rings. The number of ether oxygens (including phenoxy) is 1. The predicted octanol–water partition coefficient (Wildman–Crippen LogP) is 2.31. The van der Waals surface area contributed by atoms with E-state index in [1.807, 2.05) is 5.43 Å². The van der Waals surface area contributed by atoms with Crippen LogP contribution < -0.4 is 21.2 Å². The monoisotopic (exact) mass is 474 g/mol. The molecule has 174 valence electrons. The lowest BCUT2D eigenvalue weighted by Gasteiger charge is -2.10. The minimum absolute atomic E-state index is 0.0124. The van der Waals surface area contributed by atoms with Crippen LogP contribution in [0.1, 0.15) is 35.2 Å². The molecule has 0 aromatic heterocycles. The zero-order valence-corrected chi connectivity index (χ0v) is 18.7. The molecule has 0 saturated carbocycles. The van der Waals surface area contributed by atoms with Gasteiger partial charge in [0.05, 0.1) is 13.5 Å². The van der Waals surface area contributed by atoms with Gasteiger partial charge in [-0.15, -0.1) is 0 Å². The van der Waals surface area contributed by atoms with Crippen molar-refractivity contribution in [3.63, 3.8) is 0 Å².